The molecule has 2 aliphatic rings. The summed E-state index contributed by atoms with van der Waals surface area (Å²) in [7, 11) is 0. The number of nitrogens with one attached hydrogen (secondary N) is 1. The number of nitrogens with zero attached hydrogens (tertiary/aromatic N) is 2. The molecule has 2 heterocycles. The fourth-order valence-electron chi connectivity index (χ4n) is 4.56. The summed E-state index contributed by atoms with van der Waals surface area (Å²) in [5.74, 6) is 0.264. The van der Waals surface area contributed by atoms with Gasteiger partial charge in [0.05, 0.1) is 6.04 Å². The van der Waals surface area contributed by atoms with E-state index in [9.17, 15) is 14.0 Å². The van der Waals surface area contributed by atoms with Gasteiger partial charge in [-0.25, -0.2) is 4.39 Å². The summed E-state index contributed by atoms with van der Waals surface area (Å²) in [4.78, 5) is 31.6. The summed E-state index contributed by atoms with van der Waals surface area (Å²) in [6.07, 6.45) is 5.26. The van der Waals surface area contributed by atoms with Crippen molar-refractivity contribution >= 4 is 11.8 Å². The molecule has 6 nitrogen and oxygen atoms in total. The molecule has 35 heavy (non-hydrogen) atoms. The van der Waals surface area contributed by atoms with Gasteiger partial charge in [-0.1, -0.05) is 18.2 Å². The predicted octanol–water partition coefficient (Wildman–Crippen LogP) is 4.19. The van der Waals surface area contributed by atoms with E-state index in [0.29, 0.717) is 18.8 Å². The second-order valence-corrected chi connectivity index (χ2v) is 9.20. The number of benzene rings is 2. The minimum Gasteiger partial charge on any atom is -0.481 e. The molecule has 0 radical (unpaired) electrons. The quantitative estimate of drug-likeness (QED) is 0.559. The summed E-state index contributed by atoms with van der Waals surface area (Å²) in [6.45, 7) is 2.73. The van der Waals surface area contributed by atoms with Crippen LogP contribution in [-0.4, -0.2) is 34.3 Å². The molecule has 2 aromatic carbocycles. The highest BCUT2D eigenvalue weighted by atomic mass is 19.1. The number of rotatable bonds is 7. The van der Waals surface area contributed by atoms with Gasteiger partial charge in [-0.3, -0.25) is 14.6 Å². The lowest BCUT2D eigenvalue weighted by Crippen LogP contribution is -2.41. The lowest BCUT2D eigenvalue weighted by atomic mass is 9.87. The van der Waals surface area contributed by atoms with Gasteiger partial charge >= 0.3 is 0 Å². The van der Waals surface area contributed by atoms with Crippen molar-refractivity contribution in [2.75, 3.05) is 6.54 Å². The molecule has 2 unspecified atom stereocenters. The van der Waals surface area contributed by atoms with Gasteiger partial charge in [0.1, 0.15) is 11.6 Å². The van der Waals surface area contributed by atoms with Crippen LogP contribution in [0.1, 0.15) is 48.1 Å². The first kappa shape index (κ1) is 23.0. The van der Waals surface area contributed by atoms with Crippen molar-refractivity contribution in [3.63, 3.8) is 0 Å². The number of amides is 2. The molecule has 1 aromatic heterocycles. The highest BCUT2D eigenvalue weighted by Crippen LogP contribution is 2.41. The molecule has 2 atom stereocenters. The highest BCUT2D eigenvalue weighted by Gasteiger charge is 2.39. The molecule has 1 aliphatic heterocycles. The van der Waals surface area contributed by atoms with Gasteiger partial charge in [-0.15, -0.1) is 0 Å². The van der Waals surface area contributed by atoms with Crippen LogP contribution >= 0.6 is 0 Å². The minimum absolute atomic E-state index is 0.0862. The van der Waals surface area contributed by atoms with Crippen LogP contribution in [-0.2, 0) is 22.6 Å². The van der Waals surface area contributed by atoms with E-state index in [1.165, 1.54) is 12.1 Å². The van der Waals surface area contributed by atoms with Gasteiger partial charge in [-0.2, -0.15) is 0 Å². The van der Waals surface area contributed by atoms with Crippen molar-refractivity contribution in [1.82, 2.24) is 15.2 Å². The Balaban J connectivity index is 1.36. The molecule has 2 amide bonds. The second kappa shape index (κ2) is 9.86. The summed E-state index contributed by atoms with van der Waals surface area (Å²) >= 11 is 0. The van der Waals surface area contributed by atoms with Crippen LogP contribution in [0, 0.1) is 11.7 Å². The Hall–Kier alpha value is -3.74. The number of carbonyl (C=O) groups excluding carboxylic acids is 2. The van der Waals surface area contributed by atoms with E-state index < -0.39 is 6.10 Å². The molecular formula is C28H28FN3O3. The maximum atomic E-state index is 13.7. The van der Waals surface area contributed by atoms with Crippen LogP contribution in [0.25, 0.3) is 0 Å². The van der Waals surface area contributed by atoms with Crippen molar-refractivity contribution in [2.24, 2.45) is 5.92 Å². The molecule has 1 fully saturated rings. The first-order chi connectivity index (χ1) is 17.0. The maximum Gasteiger partial charge on any atom is 0.261 e. The van der Waals surface area contributed by atoms with Crippen LogP contribution in [0.5, 0.6) is 5.75 Å². The molecule has 1 saturated carbocycles. The fraction of sp³-hybridized carbons (Fsp3) is 0.321. The van der Waals surface area contributed by atoms with E-state index in [4.69, 9.17) is 4.74 Å². The molecule has 3 aromatic rings. The van der Waals surface area contributed by atoms with E-state index in [2.05, 4.69) is 10.3 Å². The summed E-state index contributed by atoms with van der Waals surface area (Å²) in [6, 6.07) is 15.5. The Morgan fingerprint density at radius 2 is 1.86 bits per heavy atom. The molecule has 0 bridgehead atoms. The molecule has 0 saturated heterocycles. The van der Waals surface area contributed by atoms with Gasteiger partial charge in [-0.05, 0) is 84.8 Å². The van der Waals surface area contributed by atoms with Crippen molar-refractivity contribution in [3.05, 3.63) is 95.1 Å². The fourth-order valence-corrected chi connectivity index (χ4v) is 4.56. The van der Waals surface area contributed by atoms with E-state index >= 15 is 0 Å². The molecule has 180 valence electrons. The second-order valence-electron chi connectivity index (χ2n) is 9.20. The van der Waals surface area contributed by atoms with Crippen molar-refractivity contribution in [1.29, 1.82) is 0 Å². The number of aromatic nitrogens is 1. The van der Waals surface area contributed by atoms with Crippen LogP contribution in [0.2, 0.25) is 0 Å². The zero-order valence-electron chi connectivity index (χ0n) is 19.6. The average Bonchev–Trinajstić information content (AvgIpc) is 3.73. The Morgan fingerprint density at radius 3 is 2.57 bits per heavy atom. The zero-order chi connectivity index (χ0) is 24.4. The first-order valence-corrected chi connectivity index (χ1v) is 12.0. The third-order valence-electron chi connectivity index (χ3n) is 6.64. The highest BCUT2D eigenvalue weighted by molar-refractivity contribution is 5.82. The number of hydrogen-bond acceptors (Lipinski definition) is 4. The monoisotopic (exact) mass is 473 g/mol. The molecule has 5 rings (SSSR count). The Labute approximate surface area is 204 Å². The number of carbonyl (C=O) groups is 2. The molecular weight excluding hydrogens is 445 g/mol. The minimum atomic E-state index is -0.702. The smallest absolute Gasteiger partial charge is 0.261 e. The lowest BCUT2D eigenvalue weighted by molar-refractivity contribution is -0.134. The third kappa shape index (κ3) is 5.19. The van der Waals surface area contributed by atoms with Gasteiger partial charge in [0.15, 0.2) is 6.10 Å². The van der Waals surface area contributed by atoms with E-state index in [0.717, 1.165) is 41.5 Å². The number of fused-ring (bicyclic) bond motifs is 1. The summed E-state index contributed by atoms with van der Waals surface area (Å²) in [5.41, 5.74) is 3.90. The van der Waals surface area contributed by atoms with Crippen molar-refractivity contribution in [3.8, 4) is 5.75 Å². The largest absolute Gasteiger partial charge is 0.481 e. The van der Waals surface area contributed by atoms with E-state index in [1.807, 2.05) is 35.2 Å². The summed E-state index contributed by atoms with van der Waals surface area (Å²) < 4.78 is 19.7. The van der Waals surface area contributed by atoms with E-state index in [1.54, 1.807) is 31.5 Å². The Bertz CT molecular complexity index is 1210. The summed E-state index contributed by atoms with van der Waals surface area (Å²) in [5, 5.41) is 2.88. The van der Waals surface area contributed by atoms with Crippen molar-refractivity contribution in [2.45, 2.75) is 44.9 Å². The molecule has 1 N–H and O–H groups in total. The molecule has 0 spiro atoms. The van der Waals surface area contributed by atoms with Crippen LogP contribution in [0.3, 0.4) is 0 Å². The van der Waals surface area contributed by atoms with E-state index in [-0.39, 0.29) is 29.6 Å². The zero-order valence-corrected chi connectivity index (χ0v) is 19.6. The third-order valence-corrected chi connectivity index (χ3v) is 6.64. The SMILES string of the molecule is CC(Oc1ccc2c(c1)C(c1ccc(F)cc1)N(C(=O)C1CC1)CC2)C(=O)NCc1ccncc1. The molecule has 1 aliphatic carbocycles. The van der Waals surface area contributed by atoms with Gasteiger partial charge in [0, 0.05) is 31.4 Å². The number of pyridine rings is 1. The number of ether oxygens (including phenoxy) is 1. The topological polar surface area (TPSA) is 71.5 Å². The van der Waals surface area contributed by atoms with Gasteiger partial charge < -0.3 is 15.0 Å². The number of hydrogen-bond donors (Lipinski definition) is 1. The average molecular weight is 474 g/mol. The van der Waals surface area contributed by atoms with Gasteiger partial charge in [0.2, 0.25) is 5.91 Å². The predicted molar refractivity (Wildman–Crippen MR) is 129 cm³/mol. The van der Waals surface area contributed by atoms with Gasteiger partial charge in [0.25, 0.3) is 5.91 Å². The van der Waals surface area contributed by atoms with Crippen LogP contribution in [0.15, 0.2) is 67.0 Å². The lowest BCUT2D eigenvalue weighted by Gasteiger charge is -2.38. The van der Waals surface area contributed by atoms with Crippen LogP contribution in [0.4, 0.5) is 4.39 Å². The Kier molecular flexibility index (Phi) is 6.49. The first-order valence-electron chi connectivity index (χ1n) is 12.0. The van der Waals surface area contributed by atoms with Crippen LogP contribution < -0.4 is 10.1 Å². The Morgan fingerprint density at radius 1 is 1.11 bits per heavy atom. The normalized spacial score (nSPS) is 17.9. The number of halogens is 1. The maximum absolute atomic E-state index is 13.7. The van der Waals surface area contributed by atoms with Crippen molar-refractivity contribution < 1.29 is 18.7 Å². The molecule has 7 heteroatoms. The standard InChI is InChI=1S/C28H28FN3O3/c1-18(27(33)31-17-19-10-13-30-14-11-19)35-24-9-6-20-12-15-32(28(34)22-2-3-22)26(25(20)16-24)21-4-7-23(29)8-5-21/h4-11,13-14,16,18,22,26H,2-3,12,15,17H2,1H3,(H,31,33).